The van der Waals surface area contributed by atoms with E-state index in [1.807, 2.05) is 0 Å². The summed E-state index contributed by atoms with van der Waals surface area (Å²) in [6, 6.07) is 11.5. The summed E-state index contributed by atoms with van der Waals surface area (Å²) in [6.07, 6.45) is 3.81. The van der Waals surface area contributed by atoms with Crippen LogP contribution in [0.3, 0.4) is 0 Å². The Kier molecular flexibility index (Phi) is 4.67. The van der Waals surface area contributed by atoms with Crippen molar-refractivity contribution in [2.45, 2.75) is 32.2 Å². The number of anilines is 1. The van der Waals surface area contributed by atoms with Crippen LogP contribution in [0.5, 0.6) is 0 Å². The monoisotopic (exact) mass is 325 g/mol. The highest BCUT2D eigenvalue weighted by molar-refractivity contribution is 5.91. The number of aromatic nitrogens is 1. The molecule has 1 aromatic heterocycles. The highest BCUT2D eigenvalue weighted by Gasteiger charge is 2.24. The van der Waals surface area contributed by atoms with Crippen molar-refractivity contribution in [3.05, 3.63) is 36.0 Å². The van der Waals surface area contributed by atoms with E-state index < -0.39 is 0 Å². The second kappa shape index (κ2) is 7.08. The van der Waals surface area contributed by atoms with Crippen LogP contribution >= 0.6 is 0 Å². The predicted octanol–water partition coefficient (Wildman–Crippen LogP) is 3.23. The van der Waals surface area contributed by atoms with Gasteiger partial charge in [-0.2, -0.15) is 0 Å². The molecular weight excluding hydrogens is 298 g/mol. The third kappa shape index (κ3) is 3.26. The molecule has 0 aliphatic carbocycles. The molecule has 0 radical (unpaired) electrons. The van der Waals surface area contributed by atoms with Gasteiger partial charge in [-0.25, -0.2) is 0 Å². The second-order valence-electron chi connectivity index (χ2n) is 7.02. The molecule has 0 saturated carbocycles. The van der Waals surface area contributed by atoms with Gasteiger partial charge in [-0.1, -0.05) is 18.2 Å². The summed E-state index contributed by atoms with van der Waals surface area (Å²) in [4.78, 5) is 9.92. The maximum atomic E-state index is 5.51. The van der Waals surface area contributed by atoms with Gasteiger partial charge in [-0.05, 0) is 38.3 Å². The fourth-order valence-electron chi connectivity index (χ4n) is 4.17. The average molecular weight is 325 g/mol. The molecule has 2 aliphatic heterocycles. The fraction of sp³-hybridized carbons (Fsp3) is 0.550. The molecule has 3 heterocycles. The van der Waals surface area contributed by atoms with Gasteiger partial charge < -0.3 is 9.64 Å². The van der Waals surface area contributed by atoms with Crippen LogP contribution in [0, 0.1) is 6.92 Å². The Balaban J connectivity index is 1.55. The van der Waals surface area contributed by atoms with Gasteiger partial charge in [0.1, 0.15) is 0 Å². The summed E-state index contributed by atoms with van der Waals surface area (Å²) in [6.45, 7) is 8.38. The van der Waals surface area contributed by atoms with Crippen LogP contribution in [-0.2, 0) is 4.74 Å². The van der Waals surface area contributed by atoms with Crippen molar-refractivity contribution in [1.82, 2.24) is 9.88 Å². The lowest BCUT2D eigenvalue weighted by Gasteiger charge is -2.34. The zero-order valence-electron chi connectivity index (χ0n) is 14.6. The lowest BCUT2D eigenvalue weighted by Crippen LogP contribution is -2.43. The first-order valence-corrected chi connectivity index (χ1v) is 9.24. The van der Waals surface area contributed by atoms with Crippen molar-refractivity contribution in [3.8, 4) is 0 Å². The molecule has 0 amide bonds. The standard InChI is InChI=1S/C20H27N3O/c1-16-15-20(18-6-2-3-7-19(18)21-16)23-9-4-5-17(8-10-23)22-11-13-24-14-12-22/h2-3,6-7,15,17H,4-5,8-14H2,1H3. The van der Waals surface area contributed by atoms with Gasteiger partial charge in [0.2, 0.25) is 0 Å². The molecular formula is C20H27N3O. The predicted molar refractivity (Wildman–Crippen MR) is 98.7 cm³/mol. The molecule has 0 spiro atoms. The number of fused-ring (bicyclic) bond motifs is 1. The first kappa shape index (κ1) is 15.9. The van der Waals surface area contributed by atoms with E-state index in [0.717, 1.165) is 50.6 Å². The number of rotatable bonds is 2. The number of ether oxygens (including phenoxy) is 1. The van der Waals surface area contributed by atoms with Crippen LogP contribution in [0.25, 0.3) is 10.9 Å². The van der Waals surface area contributed by atoms with Gasteiger partial charge in [0.25, 0.3) is 0 Å². The summed E-state index contributed by atoms with van der Waals surface area (Å²) < 4.78 is 5.51. The quantitative estimate of drug-likeness (QED) is 0.847. The first-order chi connectivity index (χ1) is 11.8. The highest BCUT2D eigenvalue weighted by Crippen LogP contribution is 2.29. The topological polar surface area (TPSA) is 28.6 Å². The Morgan fingerprint density at radius 2 is 1.88 bits per heavy atom. The van der Waals surface area contributed by atoms with E-state index in [-0.39, 0.29) is 0 Å². The fourth-order valence-corrected chi connectivity index (χ4v) is 4.17. The second-order valence-corrected chi connectivity index (χ2v) is 7.02. The molecule has 2 aromatic rings. The van der Waals surface area contributed by atoms with Crippen LogP contribution in [0.15, 0.2) is 30.3 Å². The van der Waals surface area contributed by atoms with Crippen molar-refractivity contribution >= 4 is 16.6 Å². The molecule has 0 N–H and O–H groups in total. The molecule has 1 aromatic carbocycles. The van der Waals surface area contributed by atoms with Crippen molar-refractivity contribution < 1.29 is 4.74 Å². The number of aryl methyl sites for hydroxylation is 1. The maximum Gasteiger partial charge on any atom is 0.0726 e. The largest absolute Gasteiger partial charge is 0.379 e. The Morgan fingerprint density at radius 1 is 1.04 bits per heavy atom. The normalized spacial score (nSPS) is 23.4. The van der Waals surface area contributed by atoms with E-state index in [2.05, 4.69) is 47.1 Å². The van der Waals surface area contributed by atoms with Crippen LogP contribution in [-0.4, -0.2) is 55.3 Å². The maximum absolute atomic E-state index is 5.51. The Labute approximate surface area is 144 Å². The molecule has 4 nitrogen and oxygen atoms in total. The number of benzene rings is 1. The molecule has 24 heavy (non-hydrogen) atoms. The van der Waals surface area contributed by atoms with Gasteiger partial charge in [0, 0.05) is 49.0 Å². The molecule has 2 fully saturated rings. The summed E-state index contributed by atoms with van der Waals surface area (Å²) >= 11 is 0. The molecule has 1 atom stereocenters. The van der Waals surface area contributed by atoms with Gasteiger partial charge in [-0.15, -0.1) is 0 Å². The van der Waals surface area contributed by atoms with E-state index >= 15 is 0 Å². The molecule has 2 saturated heterocycles. The minimum absolute atomic E-state index is 0.716. The van der Waals surface area contributed by atoms with Crippen LogP contribution < -0.4 is 4.90 Å². The molecule has 2 aliphatic rings. The van der Waals surface area contributed by atoms with Crippen molar-refractivity contribution in [1.29, 1.82) is 0 Å². The molecule has 0 bridgehead atoms. The number of morpholine rings is 1. The first-order valence-electron chi connectivity index (χ1n) is 9.24. The summed E-state index contributed by atoms with van der Waals surface area (Å²) in [7, 11) is 0. The lowest BCUT2D eigenvalue weighted by atomic mass is 10.1. The number of hydrogen-bond acceptors (Lipinski definition) is 4. The Bertz CT molecular complexity index is 696. The number of nitrogens with zero attached hydrogens (tertiary/aromatic N) is 3. The molecule has 4 heteroatoms. The van der Waals surface area contributed by atoms with Crippen LogP contribution in [0.4, 0.5) is 5.69 Å². The highest BCUT2D eigenvalue weighted by atomic mass is 16.5. The smallest absolute Gasteiger partial charge is 0.0726 e. The van der Waals surface area contributed by atoms with Gasteiger partial charge >= 0.3 is 0 Å². The van der Waals surface area contributed by atoms with E-state index in [1.165, 1.54) is 30.3 Å². The van der Waals surface area contributed by atoms with Crippen molar-refractivity contribution in [2.24, 2.45) is 0 Å². The van der Waals surface area contributed by atoms with Gasteiger partial charge in [0.05, 0.1) is 18.7 Å². The third-order valence-electron chi connectivity index (χ3n) is 5.42. The zero-order valence-corrected chi connectivity index (χ0v) is 14.6. The molecule has 128 valence electrons. The van der Waals surface area contributed by atoms with Crippen LogP contribution in [0.1, 0.15) is 25.0 Å². The summed E-state index contributed by atoms with van der Waals surface area (Å²) in [5.41, 5.74) is 3.58. The number of pyridine rings is 1. The third-order valence-corrected chi connectivity index (χ3v) is 5.42. The SMILES string of the molecule is Cc1cc(N2CCCC(N3CCOCC3)CC2)c2ccccc2n1. The van der Waals surface area contributed by atoms with E-state index in [1.54, 1.807) is 0 Å². The number of hydrogen-bond donors (Lipinski definition) is 0. The minimum atomic E-state index is 0.716. The average Bonchev–Trinajstić information content (AvgIpc) is 2.88. The van der Waals surface area contributed by atoms with Gasteiger partial charge in [-0.3, -0.25) is 9.88 Å². The van der Waals surface area contributed by atoms with E-state index in [4.69, 9.17) is 9.72 Å². The van der Waals surface area contributed by atoms with Crippen molar-refractivity contribution in [3.63, 3.8) is 0 Å². The van der Waals surface area contributed by atoms with E-state index in [0.29, 0.717) is 6.04 Å². The summed E-state index contributed by atoms with van der Waals surface area (Å²) in [5, 5.41) is 1.29. The van der Waals surface area contributed by atoms with Crippen LogP contribution in [0.2, 0.25) is 0 Å². The van der Waals surface area contributed by atoms with Crippen molar-refractivity contribution in [2.75, 3.05) is 44.3 Å². The van der Waals surface area contributed by atoms with Gasteiger partial charge in [0.15, 0.2) is 0 Å². The minimum Gasteiger partial charge on any atom is -0.379 e. The molecule has 1 unspecified atom stereocenters. The zero-order chi connectivity index (χ0) is 16.4. The summed E-state index contributed by atoms with van der Waals surface area (Å²) in [5.74, 6) is 0. The van der Waals surface area contributed by atoms with E-state index in [9.17, 15) is 0 Å². The Hall–Kier alpha value is -1.65. The molecule has 4 rings (SSSR count). The number of para-hydroxylation sites is 1. The Morgan fingerprint density at radius 3 is 2.75 bits per heavy atom. The lowest BCUT2D eigenvalue weighted by molar-refractivity contribution is 0.0142.